The van der Waals surface area contributed by atoms with E-state index in [1.165, 1.54) is 0 Å². The summed E-state index contributed by atoms with van der Waals surface area (Å²) in [6.07, 6.45) is 5.27. The average molecular weight is 425 g/mol. The number of amides is 3. The number of benzene rings is 2. The Hall–Kier alpha value is -4.79. The Balaban J connectivity index is 1.30. The van der Waals surface area contributed by atoms with Gasteiger partial charge in [-0.15, -0.1) is 0 Å². The monoisotopic (exact) mass is 425 g/mol. The Kier molecular flexibility index (Phi) is 4.89. The molecule has 0 saturated heterocycles. The SMILES string of the molecule is O=C(Nc1cccc(Nc2ccc3c(c2)NC(=O)/C3=C\c2ccc[nH]2)c1)Nc1cc[nH]n1. The molecule has 1 aliphatic rings. The van der Waals surface area contributed by atoms with Gasteiger partial charge in [-0.3, -0.25) is 15.2 Å². The topological polar surface area (TPSA) is 127 Å². The van der Waals surface area contributed by atoms with Gasteiger partial charge in [0.2, 0.25) is 0 Å². The van der Waals surface area contributed by atoms with Crippen LogP contribution in [0.5, 0.6) is 0 Å². The first-order chi connectivity index (χ1) is 15.6. The van der Waals surface area contributed by atoms with Crippen LogP contribution in [0, 0.1) is 0 Å². The fraction of sp³-hybridized carbons (Fsp3) is 0. The van der Waals surface area contributed by atoms with E-state index in [2.05, 4.69) is 36.4 Å². The number of anilines is 5. The normalized spacial score (nSPS) is 13.5. The van der Waals surface area contributed by atoms with Gasteiger partial charge in [0.05, 0.1) is 11.3 Å². The summed E-state index contributed by atoms with van der Waals surface area (Å²) >= 11 is 0. The molecule has 0 unspecified atom stereocenters. The predicted molar refractivity (Wildman–Crippen MR) is 125 cm³/mol. The molecule has 5 rings (SSSR count). The molecule has 0 saturated carbocycles. The molecule has 0 atom stereocenters. The van der Waals surface area contributed by atoms with E-state index in [1.807, 2.05) is 60.8 Å². The van der Waals surface area contributed by atoms with Crippen molar-refractivity contribution in [1.29, 1.82) is 0 Å². The minimum absolute atomic E-state index is 0.138. The van der Waals surface area contributed by atoms with E-state index in [9.17, 15) is 9.59 Å². The quantitative estimate of drug-likeness (QED) is 0.261. The number of carbonyl (C=O) groups excluding carboxylic acids is 2. The van der Waals surface area contributed by atoms with Gasteiger partial charge >= 0.3 is 6.03 Å². The van der Waals surface area contributed by atoms with Crippen LogP contribution in [0.2, 0.25) is 0 Å². The minimum atomic E-state index is -0.393. The lowest BCUT2D eigenvalue weighted by Crippen LogP contribution is -2.19. The highest BCUT2D eigenvalue weighted by atomic mass is 16.2. The second kappa shape index (κ2) is 8.15. The second-order valence-corrected chi connectivity index (χ2v) is 7.14. The van der Waals surface area contributed by atoms with Crippen molar-refractivity contribution in [3.8, 4) is 0 Å². The van der Waals surface area contributed by atoms with Gasteiger partial charge in [0.1, 0.15) is 0 Å². The summed E-state index contributed by atoms with van der Waals surface area (Å²) in [6.45, 7) is 0. The van der Waals surface area contributed by atoms with Crippen molar-refractivity contribution in [1.82, 2.24) is 15.2 Å². The van der Waals surface area contributed by atoms with Gasteiger partial charge in [-0.05, 0) is 48.5 Å². The summed E-state index contributed by atoms with van der Waals surface area (Å²) in [6, 6.07) is 18.1. The summed E-state index contributed by atoms with van der Waals surface area (Å²) < 4.78 is 0. The number of hydrogen-bond donors (Lipinski definition) is 6. The summed E-state index contributed by atoms with van der Waals surface area (Å²) in [7, 11) is 0. The molecular weight excluding hydrogens is 406 g/mol. The number of nitrogens with one attached hydrogen (secondary N) is 6. The van der Waals surface area contributed by atoms with Gasteiger partial charge < -0.3 is 20.9 Å². The van der Waals surface area contributed by atoms with Crippen LogP contribution in [0.25, 0.3) is 11.6 Å². The number of urea groups is 1. The van der Waals surface area contributed by atoms with E-state index in [4.69, 9.17) is 0 Å². The molecule has 158 valence electrons. The van der Waals surface area contributed by atoms with Crippen LogP contribution in [-0.4, -0.2) is 27.1 Å². The smallest absolute Gasteiger partial charge is 0.324 e. The molecule has 3 amide bonds. The van der Waals surface area contributed by atoms with Crippen molar-refractivity contribution >= 4 is 52.2 Å². The lowest BCUT2D eigenvalue weighted by atomic mass is 10.1. The molecule has 0 aliphatic carbocycles. The molecule has 0 spiro atoms. The zero-order chi connectivity index (χ0) is 21.9. The Morgan fingerprint density at radius 1 is 0.906 bits per heavy atom. The molecular formula is C23H19N7O2. The van der Waals surface area contributed by atoms with Gasteiger partial charge in [0.15, 0.2) is 5.82 Å². The van der Waals surface area contributed by atoms with E-state index in [-0.39, 0.29) is 5.91 Å². The highest BCUT2D eigenvalue weighted by molar-refractivity contribution is 6.35. The fourth-order valence-corrected chi connectivity index (χ4v) is 3.45. The van der Waals surface area contributed by atoms with E-state index in [1.54, 1.807) is 18.3 Å². The molecule has 3 heterocycles. The number of rotatable bonds is 5. The third kappa shape index (κ3) is 4.08. The third-order valence-electron chi connectivity index (χ3n) is 4.88. The molecule has 0 bridgehead atoms. The van der Waals surface area contributed by atoms with E-state index >= 15 is 0 Å². The first kappa shape index (κ1) is 19.2. The van der Waals surface area contributed by atoms with E-state index in [0.717, 1.165) is 28.3 Å². The number of carbonyl (C=O) groups is 2. The molecule has 0 fully saturated rings. The molecule has 4 aromatic rings. The number of aromatic nitrogens is 3. The van der Waals surface area contributed by atoms with Crippen molar-refractivity contribution in [2.75, 3.05) is 21.3 Å². The number of hydrogen-bond acceptors (Lipinski definition) is 4. The molecule has 0 radical (unpaired) electrons. The van der Waals surface area contributed by atoms with Gasteiger partial charge in [-0.25, -0.2) is 4.79 Å². The first-order valence-corrected chi connectivity index (χ1v) is 9.90. The minimum Gasteiger partial charge on any atom is -0.362 e. The van der Waals surface area contributed by atoms with Gasteiger partial charge in [0, 0.05) is 46.8 Å². The Bertz CT molecular complexity index is 1310. The first-order valence-electron chi connectivity index (χ1n) is 9.90. The third-order valence-corrected chi connectivity index (χ3v) is 4.88. The second-order valence-electron chi connectivity index (χ2n) is 7.14. The zero-order valence-corrected chi connectivity index (χ0v) is 16.8. The molecule has 2 aromatic heterocycles. The van der Waals surface area contributed by atoms with Gasteiger partial charge in [0.25, 0.3) is 5.91 Å². The van der Waals surface area contributed by atoms with Crippen LogP contribution >= 0.6 is 0 Å². The number of fused-ring (bicyclic) bond motifs is 1. The lowest BCUT2D eigenvalue weighted by molar-refractivity contribution is -0.110. The molecule has 1 aliphatic heterocycles. The Labute approximate surface area is 182 Å². The molecule has 9 nitrogen and oxygen atoms in total. The molecule has 9 heteroatoms. The standard InChI is InChI=1S/C23H19N7O2/c31-22-19(12-14-5-2-9-24-14)18-7-6-17(13-20(18)28-22)26-15-3-1-4-16(11-15)27-23(32)29-21-8-10-25-30-21/h1-13,24,26H,(H,28,31)(H3,25,27,29,30,32)/b19-12-. The van der Waals surface area contributed by atoms with Crippen LogP contribution in [0.4, 0.5) is 33.4 Å². The van der Waals surface area contributed by atoms with Crippen molar-refractivity contribution in [3.05, 3.63) is 84.3 Å². The maximum atomic E-state index is 12.4. The van der Waals surface area contributed by atoms with Crippen molar-refractivity contribution in [3.63, 3.8) is 0 Å². The number of aromatic amines is 2. The maximum absolute atomic E-state index is 12.4. The molecule has 32 heavy (non-hydrogen) atoms. The molecule has 2 aromatic carbocycles. The Morgan fingerprint density at radius 2 is 1.78 bits per heavy atom. The fourth-order valence-electron chi connectivity index (χ4n) is 3.45. The van der Waals surface area contributed by atoms with E-state index < -0.39 is 6.03 Å². The summed E-state index contributed by atoms with van der Waals surface area (Å²) in [5, 5.41) is 18.1. The van der Waals surface area contributed by atoms with Crippen LogP contribution in [0.3, 0.4) is 0 Å². The largest absolute Gasteiger partial charge is 0.362 e. The molecule has 6 N–H and O–H groups in total. The van der Waals surface area contributed by atoms with Crippen LogP contribution in [0.15, 0.2) is 73.1 Å². The number of H-pyrrole nitrogens is 2. The van der Waals surface area contributed by atoms with Crippen molar-refractivity contribution < 1.29 is 9.59 Å². The maximum Gasteiger partial charge on any atom is 0.324 e. The van der Waals surface area contributed by atoms with Crippen molar-refractivity contribution in [2.24, 2.45) is 0 Å². The van der Waals surface area contributed by atoms with Gasteiger partial charge in [-0.2, -0.15) is 5.10 Å². The van der Waals surface area contributed by atoms with Gasteiger partial charge in [-0.1, -0.05) is 12.1 Å². The van der Waals surface area contributed by atoms with Crippen LogP contribution < -0.4 is 21.3 Å². The Morgan fingerprint density at radius 3 is 2.59 bits per heavy atom. The zero-order valence-electron chi connectivity index (χ0n) is 16.8. The summed E-state index contributed by atoms with van der Waals surface area (Å²) in [5.41, 5.74) is 5.28. The summed E-state index contributed by atoms with van der Waals surface area (Å²) in [4.78, 5) is 27.6. The highest BCUT2D eigenvalue weighted by Gasteiger charge is 2.24. The number of nitrogens with zero attached hydrogens (tertiary/aromatic N) is 1. The predicted octanol–water partition coefficient (Wildman–Crippen LogP) is 4.62. The highest BCUT2D eigenvalue weighted by Crippen LogP contribution is 2.35. The van der Waals surface area contributed by atoms with Crippen molar-refractivity contribution in [2.45, 2.75) is 0 Å². The van der Waals surface area contributed by atoms with E-state index in [0.29, 0.717) is 17.1 Å². The average Bonchev–Trinajstić information content (AvgIpc) is 3.52. The van der Waals surface area contributed by atoms with Crippen LogP contribution in [-0.2, 0) is 4.79 Å². The lowest BCUT2D eigenvalue weighted by Gasteiger charge is -2.11. The van der Waals surface area contributed by atoms with Crippen LogP contribution in [0.1, 0.15) is 11.3 Å². The summed E-state index contributed by atoms with van der Waals surface area (Å²) in [5.74, 6) is 0.294.